The van der Waals surface area contributed by atoms with Crippen LogP contribution in [-0.4, -0.2) is 5.78 Å². The molecule has 0 bridgehead atoms. The molecular weight excluding hydrogens is 263 g/mol. The Balaban J connectivity index is 1.94. The van der Waals surface area contributed by atoms with E-state index in [-0.39, 0.29) is 11.6 Å². The molecule has 0 heterocycles. The van der Waals surface area contributed by atoms with Crippen LogP contribution in [0.1, 0.15) is 27.0 Å². The molecular formula is C19H13FO. The predicted molar refractivity (Wildman–Crippen MR) is 81.2 cm³/mol. The Morgan fingerprint density at radius 1 is 0.905 bits per heavy atom. The summed E-state index contributed by atoms with van der Waals surface area (Å²) in [5.41, 5.74) is 3.66. The van der Waals surface area contributed by atoms with Gasteiger partial charge in [-0.05, 0) is 46.9 Å². The van der Waals surface area contributed by atoms with Gasteiger partial charge in [-0.1, -0.05) is 42.5 Å². The summed E-state index contributed by atoms with van der Waals surface area (Å²) in [6.45, 7) is 0. The van der Waals surface area contributed by atoms with Gasteiger partial charge in [-0.25, -0.2) is 4.39 Å². The Kier molecular flexibility index (Phi) is 2.64. The molecule has 0 aliphatic heterocycles. The summed E-state index contributed by atoms with van der Waals surface area (Å²) in [7, 11) is 0. The zero-order valence-corrected chi connectivity index (χ0v) is 11.4. The van der Waals surface area contributed by atoms with Crippen LogP contribution in [0, 0.1) is 5.82 Å². The van der Waals surface area contributed by atoms with E-state index >= 15 is 0 Å². The number of carbonyl (C=O) groups excluding carboxylic acids is 1. The van der Waals surface area contributed by atoms with E-state index in [1.807, 2.05) is 24.3 Å². The molecule has 0 N–H and O–H groups in total. The van der Waals surface area contributed by atoms with E-state index in [1.165, 1.54) is 28.6 Å². The van der Waals surface area contributed by atoms with Crippen molar-refractivity contribution in [3.05, 3.63) is 82.7 Å². The molecule has 1 aliphatic rings. The Labute approximate surface area is 122 Å². The lowest BCUT2D eigenvalue weighted by Gasteiger charge is -2.08. The summed E-state index contributed by atoms with van der Waals surface area (Å²) >= 11 is 0. The first-order chi connectivity index (χ1) is 10.2. The molecule has 3 aromatic carbocycles. The van der Waals surface area contributed by atoms with E-state index in [9.17, 15) is 9.18 Å². The molecule has 0 saturated heterocycles. The lowest BCUT2D eigenvalue weighted by atomic mass is 9.94. The molecule has 0 radical (unpaired) electrons. The Hall–Kier alpha value is -2.48. The van der Waals surface area contributed by atoms with Crippen LogP contribution >= 0.6 is 0 Å². The molecule has 0 unspecified atom stereocenters. The number of halogens is 1. The van der Waals surface area contributed by atoms with Crippen LogP contribution in [0.2, 0.25) is 0 Å². The highest BCUT2D eigenvalue weighted by molar-refractivity contribution is 6.17. The highest BCUT2D eigenvalue weighted by Crippen LogP contribution is 2.33. The van der Waals surface area contributed by atoms with Crippen molar-refractivity contribution in [2.75, 3.05) is 0 Å². The van der Waals surface area contributed by atoms with E-state index in [0.29, 0.717) is 11.1 Å². The fourth-order valence-electron chi connectivity index (χ4n) is 3.23. The Bertz CT molecular complexity index is 870. The summed E-state index contributed by atoms with van der Waals surface area (Å²) in [5.74, 6) is -0.503. The van der Waals surface area contributed by atoms with Crippen molar-refractivity contribution in [3.8, 4) is 0 Å². The second-order valence-corrected chi connectivity index (χ2v) is 5.45. The molecule has 0 spiro atoms. The minimum Gasteiger partial charge on any atom is -0.289 e. The van der Waals surface area contributed by atoms with Gasteiger partial charge in [0.2, 0.25) is 0 Å². The molecule has 3 aromatic rings. The molecule has 1 nitrogen and oxygen atoms in total. The van der Waals surface area contributed by atoms with Crippen LogP contribution in [0.5, 0.6) is 0 Å². The van der Waals surface area contributed by atoms with E-state index < -0.39 is 0 Å². The third-order valence-electron chi connectivity index (χ3n) is 4.21. The lowest BCUT2D eigenvalue weighted by Crippen LogP contribution is -2.03. The second-order valence-electron chi connectivity index (χ2n) is 5.45. The third kappa shape index (κ3) is 1.87. The van der Waals surface area contributed by atoms with Crippen LogP contribution in [0.25, 0.3) is 10.8 Å². The van der Waals surface area contributed by atoms with Crippen LogP contribution in [0.15, 0.2) is 54.6 Å². The normalized spacial score (nSPS) is 12.8. The van der Waals surface area contributed by atoms with Gasteiger partial charge in [0.15, 0.2) is 5.78 Å². The number of hydrogen-bond donors (Lipinski definition) is 0. The highest BCUT2D eigenvalue weighted by Gasteiger charge is 2.19. The zero-order chi connectivity index (χ0) is 14.4. The van der Waals surface area contributed by atoms with Crippen LogP contribution in [-0.2, 0) is 12.8 Å². The smallest absolute Gasteiger partial charge is 0.193 e. The van der Waals surface area contributed by atoms with Crippen molar-refractivity contribution >= 4 is 16.6 Å². The monoisotopic (exact) mass is 276 g/mol. The van der Waals surface area contributed by atoms with E-state index in [0.717, 1.165) is 18.2 Å². The number of carbonyl (C=O) groups is 1. The van der Waals surface area contributed by atoms with Crippen LogP contribution in [0.3, 0.4) is 0 Å². The summed E-state index contributed by atoms with van der Waals surface area (Å²) in [6, 6.07) is 15.9. The van der Waals surface area contributed by atoms with E-state index in [2.05, 4.69) is 6.07 Å². The summed E-state index contributed by atoms with van der Waals surface area (Å²) in [4.78, 5) is 12.7. The quantitative estimate of drug-likeness (QED) is 0.637. The van der Waals surface area contributed by atoms with Crippen LogP contribution in [0.4, 0.5) is 4.39 Å². The van der Waals surface area contributed by atoms with Gasteiger partial charge in [0.25, 0.3) is 0 Å². The fraction of sp³-hybridized carbons (Fsp3) is 0.105. The SMILES string of the molecule is O=C(c1cccc(F)c1)c1ccc2c3c(cccc13)CC2. The van der Waals surface area contributed by atoms with Crippen molar-refractivity contribution in [3.63, 3.8) is 0 Å². The molecule has 102 valence electrons. The Morgan fingerprint density at radius 2 is 1.67 bits per heavy atom. The average molecular weight is 276 g/mol. The molecule has 2 heteroatoms. The maximum absolute atomic E-state index is 13.3. The van der Waals surface area contributed by atoms with Crippen molar-refractivity contribution in [2.45, 2.75) is 12.8 Å². The highest BCUT2D eigenvalue weighted by atomic mass is 19.1. The molecule has 0 saturated carbocycles. The van der Waals surface area contributed by atoms with Gasteiger partial charge < -0.3 is 0 Å². The minimum atomic E-state index is -0.383. The lowest BCUT2D eigenvalue weighted by molar-refractivity contribution is 0.104. The van der Waals surface area contributed by atoms with Crippen molar-refractivity contribution in [1.82, 2.24) is 0 Å². The molecule has 4 rings (SSSR count). The number of ketones is 1. The number of hydrogen-bond acceptors (Lipinski definition) is 1. The largest absolute Gasteiger partial charge is 0.289 e. The van der Waals surface area contributed by atoms with Gasteiger partial charge in [0.05, 0.1) is 0 Å². The maximum atomic E-state index is 13.3. The maximum Gasteiger partial charge on any atom is 0.193 e. The average Bonchev–Trinajstić information content (AvgIpc) is 2.92. The van der Waals surface area contributed by atoms with E-state index in [1.54, 1.807) is 12.1 Å². The van der Waals surface area contributed by atoms with Gasteiger partial charge in [-0.3, -0.25) is 4.79 Å². The fourth-order valence-corrected chi connectivity index (χ4v) is 3.23. The van der Waals surface area contributed by atoms with Gasteiger partial charge in [-0.15, -0.1) is 0 Å². The van der Waals surface area contributed by atoms with E-state index in [4.69, 9.17) is 0 Å². The first-order valence-corrected chi connectivity index (χ1v) is 7.08. The molecule has 0 fully saturated rings. The number of benzene rings is 3. The van der Waals surface area contributed by atoms with Gasteiger partial charge in [-0.2, -0.15) is 0 Å². The Morgan fingerprint density at radius 3 is 2.48 bits per heavy atom. The standard InChI is InChI=1S/C19H13FO/c20-15-5-1-4-14(11-15)19(21)17-10-9-13-8-7-12-3-2-6-16(17)18(12)13/h1-6,9-11H,7-8H2. The predicted octanol–water partition coefficient (Wildman–Crippen LogP) is 4.31. The summed E-state index contributed by atoms with van der Waals surface area (Å²) in [6.07, 6.45) is 2.06. The zero-order valence-electron chi connectivity index (χ0n) is 11.4. The molecule has 21 heavy (non-hydrogen) atoms. The van der Waals surface area contributed by atoms with Crippen molar-refractivity contribution in [2.24, 2.45) is 0 Å². The van der Waals surface area contributed by atoms with Crippen molar-refractivity contribution in [1.29, 1.82) is 0 Å². The van der Waals surface area contributed by atoms with Gasteiger partial charge in [0.1, 0.15) is 5.82 Å². The second kappa shape index (κ2) is 4.52. The van der Waals surface area contributed by atoms with Crippen LogP contribution < -0.4 is 0 Å². The summed E-state index contributed by atoms with van der Waals surface area (Å²) in [5, 5.41) is 2.19. The minimum absolute atomic E-state index is 0.120. The molecule has 0 atom stereocenters. The first kappa shape index (κ1) is 12.3. The van der Waals surface area contributed by atoms with Gasteiger partial charge >= 0.3 is 0 Å². The molecule has 0 aromatic heterocycles. The summed E-state index contributed by atoms with van der Waals surface area (Å²) < 4.78 is 13.3. The first-order valence-electron chi connectivity index (χ1n) is 7.08. The van der Waals surface area contributed by atoms with Gasteiger partial charge in [0, 0.05) is 11.1 Å². The topological polar surface area (TPSA) is 17.1 Å². The molecule has 1 aliphatic carbocycles. The number of aryl methyl sites for hydroxylation is 2. The number of rotatable bonds is 2. The third-order valence-corrected chi connectivity index (χ3v) is 4.21. The molecule has 0 amide bonds. The van der Waals surface area contributed by atoms with Crippen molar-refractivity contribution < 1.29 is 9.18 Å².